The minimum absolute atomic E-state index is 0.241. The monoisotopic (exact) mass is 336 g/mol. The number of carboxylic acids is 1. The van der Waals surface area contributed by atoms with Gasteiger partial charge in [-0.05, 0) is 33.3 Å². The second-order valence-electron chi connectivity index (χ2n) is 6.45. The first-order valence-corrected chi connectivity index (χ1v) is 7.65. The van der Waals surface area contributed by atoms with E-state index in [9.17, 15) is 14.4 Å². The van der Waals surface area contributed by atoms with Gasteiger partial charge < -0.3 is 20.5 Å². The molecule has 24 heavy (non-hydrogen) atoms. The van der Waals surface area contributed by atoms with Crippen LogP contribution in [0.25, 0.3) is 0 Å². The molecule has 1 aromatic carbocycles. The lowest BCUT2D eigenvalue weighted by Gasteiger charge is -2.25. The summed E-state index contributed by atoms with van der Waals surface area (Å²) in [5, 5.41) is 13.6. The Kier molecular flexibility index (Phi) is 6.76. The van der Waals surface area contributed by atoms with Crippen molar-refractivity contribution in [3.8, 4) is 0 Å². The highest BCUT2D eigenvalue weighted by Gasteiger charge is 2.27. The molecule has 0 aliphatic heterocycles. The lowest BCUT2D eigenvalue weighted by Crippen LogP contribution is -2.52. The van der Waals surface area contributed by atoms with Crippen molar-refractivity contribution in [2.24, 2.45) is 0 Å². The van der Waals surface area contributed by atoms with Crippen LogP contribution in [0.4, 0.5) is 4.79 Å². The number of rotatable bonds is 6. The van der Waals surface area contributed by atoms with Gasteiger partial charge in [0, 0.05) is 6.42 Å². The minimum atomic E-state index is -1.16. The van der Waals surface area contributed by atoms with Crippen molar-refractivity contribution < 1.29 is 24.2 Å². The summed E-state index contributed by atoms with van der Waals surface area (Å²) in [5.74, 6) is -1.74. The fraction of sp³-hybridized carbons (Fsp3) is 0.471. The number of ether oxygens (including phenoxy) is 1. The number of carbonyl (C=O) groups excluding carboxylic acids is 2. The van der Waals surface area contributed by atoms with Gasteiger partial charge in [-0.3, -0.25) is 4.79 Å². The Balaban J connectivity index is 2.82. The average molecular weight is 336 g/mol. The fourth-order valence-electron chi connectivity index (χ4n) is 1.87. The Morgan fingerprint density at radius 1 is 1.12 bits per heavy atom. The zero-order chi connectivity index (χ0) is 18.3. The van der Waals surface area contributed by atoms with Crippen LogP contribution < -0.4 is 10.6 Å². The molecule has 0 aliphatic rings. The molecule has 0 fully saturated rings. The maximum absolute atomic E-state index is 12.3. The van der Waals surface area contributed by atoms with Crippen LogP contribution in [-0.2, 0) is 20.7 Å². The summed E-state index contributed by atoms with van der Waals surface area (Å²) >= 11 is 0. The van der Waals surface area contributed by atoms with Crippen LogP contribution in [0.2, 0.25) is 0 Å². The maximum Gasteiger partial charge on any atom is 0.329 e. The van der Waals surface area contributed by atoms with Crippen LogP contribution in [0.1, 0.15) is 33.3 Å². The van der Waals surface area contributed by atoms with E-state index in [1.807, 2.05) is 30.3 Å². The van der Waals surface area contributed by atoms with E-state index in [0.29, 0.717) is 0 Å². The summed E-state index contributed by atoms with van der Waals surface area (Å²) in [4.78, 5) is 35.1. The third-order valence-electron chi connectivity index (χ3n) is 3.00. The second kappa shape index (κ2) is 8.33. The molecule has 3 N–H and O–H groups in total. The topological polar surface area (TPSA) is 105 Å². The molecule has 2 atom stereocenters. The van der Waals surface area contributed by atoms with Gasteiger partial charge in [0.2, 0.25) is 0 Å². The van der Waals surface area contributed by atoms with Crippen LogP contribution in [0.3, 0.4) is 0 Å². The van der Waals surface area contributed by atoms with Crippen molar-refractivity contribution >= 4 is 18.0 Å². The molecular weight excluding hydrogens is 312 g/mol. The van der Waals surface area contributed by atoms with Crippen molar-refractivity contribution in [3.05, 3.63) is 35.9 Å². The van der Waals surface area contributed by atoms with Gasteiger partial charge in [0.25, 0.3) is 0 Å². The smallest absolute Gasteiger partial charge is 0.329 e. The van der Waals surface area contributed by atoms with Crippen LogP contribution in [0.5, 0.6) is 0 Å². The van der Waals surface area contributed by atoms with Crippen molar-refractivity contribution in [2.45, 2.75) is 51.8 Å². The Bertz CT molecular complexity index is 580. The molecule has 0 saturated heterocycles. The Morgan fingerprint density at radius 3 is 2.21 bits per heavy atom. The van der Waals surface area contributed by atoms with Crippen molar-refractivity contribution in [3.63, 3.8) is 0 Å². The van der Waals surface area contributed by atoms with Crippen LogP contribution in [-0.4, -0.2) is 40.8 Å². The number of nitrogens with one attached hydrogen (secondary N) is 2. The molecule has 1 rings (SSSR count). The molecule has 1 aromatic rings. The molecular formula is C17H24N2O5. The SMILES string of the molecule is C[C@H](NC(=O)N[C@@H](Cc1ccccc1)C(=O)OC(C)(C)C)C(=O)O. The summed E-state index contributed by atoms with van der Waals surface area (Å²) in [6, 6.07) is 6.43. The highest BCUT2D eigenvalue weighted by molar-refractivity contribution is 5.86. The first-order valence-electron chi connectivity index (χ1n) is 7.65. The molecule has 0 bridgehead atoms. The largest absolute Gasteiger partial charge is 0.480 e. The standard InChI is InChI=1S/C17H24N2O5/c1-11(14(20)21)18-16(23)19-13(15(22)24-17(2,3)4)10-12-8-6-5-7-9-12/h5-9,11,13H,10H2,1-4H3,(H,20,21)(H2,18,19,23)/t11-,13-/m0/s1. The molecule has 2 amide bonds. The molecule has 0 saturated carbocycles. The van der Waals surface area contributed by atoms with Crippen LogP contribution in [0, 0.1) is 0 Å². The van der Waals surface area contributed by atoms with Crippen molar-refractivity contribution in [1.82, 2.24) is 10.6 Å². The van der Waals surface area contributed by atoms with Gasteiger partial charge in [0.05, 0.1) is 0 Å². The van der Waals surface area contributed by atoms with E-state index in [1.54, 1.807) is 20.8 Å². The number of urea groups is 1. The minimum Gasteiger partial charge on any atom is -0.480 e. The van der Waals surface area contributed by atoms with Gasteiger partial charge in [-0.2, -0.15) is 0 Å². The number of hydrogen-bond acceptors (Lipinski definition) is 4. The number of carbonyl (C=O) groups is 3. The Morgan fingerprint density at radius 2 is 1.71 bits per heavy atom. The van der Waals surface area contributed by atoms with Crippen LogP contribution in [0.15, 0.2) is 30.3 Å². The van der Waals surface area contributed by atoms with Gasteiger partial charge in [0.1, 0.15) is 17.7 Å². The van der Waals surface area contributed by atoms with E-state index < -0.39 is 35.7 Å². The quantitative estimate of drug-likeness (QED) is 0.686. The first kappa shape index (κ1) is 19.5. The molecule has 132 valence electrons. The molecule has 0 aromatic heterocycles. The summed E-state index contributed by atoms with van der Waals surface area (Å²) < 4.78 is 5.33. The molecule has 0 radical (unpaired) electrons. The zero-order valence-electron chi connectivity index (χ0n) is 14.3. The number of amides is 2. The van der Waals surface area contributed by atoms with E-state index in [4.69, 9.17) is 9.84 Å². The van der Waals surface area contributed by atoms with Crippen molar-refractivity contribution in [1.29, 1.82) is 0 Å². The molecule has 0 unspecified atom stereocenters. The third kappa shape index (κ3) is 7.13. The van der Waals surface area contributed by atoms with Crippen LogP contribution >= 0.6 is 0 Å². The fourth-order valence-corrected chi connectivity index (χ4v) is 1.87. The number of carboxylic acid groups (broad SMARTS) is 1. The van der Waals surface area contributed by atoms with Gasteiger partial charge >= 0.3 is 18.0 Å². The highest BCUT2D eigenvalue weighted by Crippen LogP contribution is 2.11. The van der Waals surface area contributed by atoms with E-state index in [-0.39, 0.29) is 6.42 Å². The lowest BCUT2D eigenvalue weighted by atomic mass is 10.1. The molecule has 7 heteroatoms. The van der Waals surface area contributed by atoms with E-state index >= 15 is 0 Å². The van der Waals surface area contributed by atoms with E-state index in [2.05, 4.69) is 10.6 Å². The Hall–Kier alpha value is -2.57. The summed E-state index contributed by atoms with van der Waals surface area (Å²) in [6.45, 7) is 6.53. The van der Waals surface area contributed by atoms with Gasteiger partial charge in [-0.25, -0.2) is 9.59 Å². The van der Waals surface area contributed by atoms with Gasteiger partial charge in [-0.1, -0.05) is 30.3 Å². The lowest BCUT2D eigenvalue weighted by molar-refractivity contribution is -0.157. The number of aliphatic carboxylic acids is 1. The third-order valence-corrected chi connectivity index (χ3v) is 3.00. The summed E-state index contributed by atoms with van der Waals surface area (Å²) in [5.41, 5.74) is 0.151. The molecule has 0 spiro atoms. The summed E-state index contributed by atoms with van der Waals surface area (Å²) in [6.07, 6.45) is 0.241. The predicted octanol–water partition coefficient (Wildman–Crippen LogP) is 1.71. The van der Waals surface area contributed by atoms with E-state index in [1.165, 1.54) is 6.92 Å². The maximum atomic E-state index is 12.3. The average Bonchev–Trinajstić information content (AvgIpc) is 2.45. The molecule has 0 heterocycles. The highest BCUT2D eigenvalue weighted by atomic mass is 16.6. The zero-order valence-corrected chi connectivity index (χ0v) is 14.3. The van der Waals surface area contributed by atoms with Gasteiger partial charge in [-0.15, -0.1) is 0 Å². The number of benzene rings is 1. The summed E-state index contributed by atoms with van der Waals surface area (Å²) in [7, 11) is 0. The molecule has 0 aliphatic carbocycles. The van der Waals surface area contributed by atoms with Crippen molar-refractivity contribution in [2.75, 3.05) is 0 Å². The normalized spacial score (nSPS) is 13.5. The Labute approximate surface area is 141 Å². The first-order chi connectivity index (χ1) is 11.1. The molecule has 7 nitrogen and oxygen atoms in total. The predicted molar refractivity (Wildman–Crippen MR) is 88.5 cm³/mol. The van der Waals surface area contributed by atoms with E-state index in [0.717, 1.165) is 5.56 Å². The number of esters is 1. The number of hydrogen-bond donors (Lipinski definition) is 3. The van der Waals surface area contributed by atoms with Gasteiger partial charge in [0.15, 0.2) is 0 Å². The second-order valence-corrected chi connectivity index (χ2v) is 6.45.